The lowest BCUT2D eigenvalue weighted by molar-refractivity contribution is 0.589. The smallest absolute Gasteiger partial charge is 0.252 e. The van der Waals surface area contributed by atoms with Gasteiger partial charge >= 0.3 is 0 Å². The fourth-order valence-electron chi connectivity index (χ4n) is 13.4. The number of aromatic nitrogens is 1. The van der Waals surface area contributed by atoms with Crippen molar-refractivity contribution in [3.8, 4) is 16.8 Å². The zero-order valence-electron chi connectivity index (χ0n) is 47.8. The third-order valence-corrected chi connectivity index (χ3v) is 18.5. The van der Waals surface area contributed by atoms with E-state index in [1.54, 1.807) is 0 Å². The summed E-state index contributed by atoms with van der Waals surface area (Å²) in [5, 5.41) is 5.21. The maximum Gasteiger partial charge on any atom is 0.252 e. The van der Waals surface area contributed by atoms with Crippen molar-refractivity contribution in [1.29, 1.82) is 0 Å². The van der Waals surface area contributed by atoms with E-state index in [4.69, 9.17) is 0 Å². The van der Waals surface area contributed by atoms with E-state index in [0.717, 1.165) is 0 Å². The highest BCUT2D eigenvalue weighted by molar-refractivity contribution is 7.26. The van der Waals surface area contributed by atoms with Gasteiger partial charge in [-0.05, 0) is 184 Å². The molecule has 0 saturated carbocycles. The second-order valence-corrected chi connectivity index (χ2v) is 26.8. The zero-order chi connectivity index (χ0) is 53.9. The van der Waals surface area contributed by atoms with Gasteiger partial charge in [-0.2, -0.15) is 0 Å². The summed E-state index contributed by atoms with van der Waals surface area (Å²) in [6.07, 6.45) is 0. The van der Waals surface area contributed by atoms with Crippen molar-refractivity contribution >= 4 is 111 Å². The maximum absolute atomic E-state index is 2.70. The van der Waals surface area contributed by atoms with Gasteiger partial charge in [0.25, 0.3) is 6.71 Å². The summed E-state index contributed by atoms with van der Waals surface area (Å²) in [6.45, 7) is 35.1. The van der Waals surface area contributed by atoms with Gasteiger partial charge in [0.2, 0.25) is 0 Å². The second kappa shape index (κ2) is 17.1. The standard InChI is InChI=1S/C72H70BN3S/c1-41-22-20-23-42(2)66(41)74-58-28-18-16-24-52(58)55-39-57-61(40-59(55)74)76(68-45(5)34-49(35-46(68)6)71(10,11)12)63-38-50(72(13,14)15)37-62-65(63)73(57)56-31-30-48(70(7,8)9)36-60(56)75(62)67-43(3)32-47(33-44(67)4)51-26-21-27-54-53-25-17-19-29-64(53)77-69(51)54/h16-40H,1-15H3. The number of anilines is 6. The van der Waals surface area contributed by atoms with Crippen LogP contribution in [-0.4, -0.2) is 11.3 Å². The number of hydrogen-bond donors (Lipinski definition) is 0. The molecular weight excluding hydrogens is 950 g/mol. The molecule has 13 rings (SSSR count). The molecule has 0 spiro atoms. The van der Waals surface area contributed by atoms with Crippen LogP contribution in [0.15, 0.2) is 152 Å². The molecule has 0 N–H and O–H groups in total. The highest BCUT2D eigenvalue weighted by Crippen LogP contribution is 2.52. The Hall–Kier alpha value is -7.34. The highest BCUT2D eigenvalue weighted by Gasteiger charge is 2.46. The van der Waals surface area contributed by atoms with Gasteiger partial charge in [0.15, 0.2) is 0 Å². The van der Waals surface area contributed by atoms with Gasteiger partial charge in [-0.15, -0.1) is 11.3 Å². The van der Waals surface area contributed by atoms with Crippen molar-refractivity contribution in [1.82, 2.24) is 4.57 Å². The molecule has 5 heteroatoms. The average Bonchev–Trinajstić information content (AvgIpc) is 4.10. The van der Waals surface area contributed by atoms with Crippen LogP contribution in [0, 0.1) is 41.5 Å². The first-order chi connectivity index (χ1) is 36.6. The molecule has 9 aromatic carbocycles. The quantitative estimate of drug-likeness (QED) is 0.163. The van der Waals surface area contributed by atoms with Crippen molar-refractivity contribution in [2.45, 2.75) is 120 Å². The Morgan fingerprint density at radius 1 is 0.377 bits per heavy atom. The van der Waals surface area contributed by atoms with Gasteiger partial charge in [-0.1, -0.05) is 165 Å². The van der Waals surface area contributed by atoms with Gasteiger partial charge in [0.1, 0.15) is 0 Å². The third-order valence-electron chi connectivity index (χ3n) is 17.3. The molecule has 0 saturated heterocycles. The molecule has 0 aliphatic carbocycles. The fraction of sp³-hybridized carbons (Fsp3) is 0.250. The number of thiophene rings is 1. The summed E-state index contributed by atoms with van der Waals surface area (Å²) in [7, 11) is 0. The van der Waals surface area contributed by atoms with Gasteiger partial charge in [0.05, 0.1) is 28.1 Å². The number of nitrogens with zero attached hydrogens (tertiary/aromatic N) is 3. The lowest BCUT2D eigenvalue weighted by Gasteiger charge is -2.46. The monoisotopic (exact) mass is 1020 g/mol. The zero-order valence-corrected chi connectivity index (χ0v) is 48.6. The molecule has 3 nitrogen and oxygen atoms in total. The third kappa shape index (κ3) is 7.50. The van der Waals surface area contributed by atoms with E-state index >= 15 is 0 Å². The molecule has 2 aliphatic heterocycles. The van der Waals surface area contributed by atoms with Crippen molar-refractivity contribution in [2.24, 2.45) is 0 Å². The van der Waals surface area contributed by atoms with Gasteiger partial charge in [-0.3, -0.25) is 0 Å². The molecule has 2 aromatic heterocycles. The molecule has 0 amide bonds. The van der Waals surface area contributed by atoms with Crippen LogP contribution in [0.1, 0.15) is 112 Å². The number of fused-ring (bicyclic) bond motifs is 10. The Kier molecular flexibility index (Phi) is 10.9. The summed E-state index contributed by atoms with van der Waals surface area (Å²) in [4.78, 5) is 5.39. The predicted molar refractivity (Wildman–Crippen MR) is 338 cm³/mol. The largest absolute Gasteiger partial charge is 0.311 e. The summed E-state index contributed by atoms with van der Waals surface area (Å²) >= 11 is 1.91. The molecule has 0 bridgehead atoms. The lowest BCUT2D eigenvalue weighted by atomic mass is 9.33. The number of rotatable bonds is 4. The minimum absolute atomic E-state index is 0.00541. The van der Waals surface area contributed by atoms with E-state index in [1.807, 2.05) is 11.3 Å². The van der Waals surface area contributed by atoms with Crippen LogP contribution in [0.2, 0.25) is 0 Å². The van der Waals surface area contributed by atoms with Crippen LogP contribution in [0.5, 0.6) is 0 Å². The van der Waals surface area contributed by atoms with Crippen LogP contribution in [0.4, 0.5) is 34.1 Å². The van der Waals surface area contributed by atoms with Gasteiger partial charge in [-0.25, -0.2) is 0 Å². The van der Waals surface area contributed by atoms with Crippen molar-refractivity contribution in [3.05, 3.63) is 202 Å². The maximum atomic E-state index is 2.70. The van der Waals surface area contributed by atoms with Crippen LogP contribution in [-0.2, 0) is 16.2 Å². The van der Waals surface area contributed by atoms with Gasteiger partial charge < -0.3 is 14.4 Å². The Bertz CT molecular complexity index is 4250. The molecule has 382 valence electrons. The molecule has 0 radical (unpaired) electrons. The Labute approximate surface area is 460 Å². The van der Waals surface area contributed by atoms with Crippen LogP contribution in [0.25, 0.3) is 58.8 Å². The minimum Gasteiger partial charge on any atom is -0.311 e. The summed E-state index contributed by atoms with van der Waals surface area (Å²) in [5.74, 6) is 0. The number of aryl methyl sites for hydroxylation is 6. The minimum atomic E-state index is -0.165. The van der Waals surface area contributed by atoms with Crippen LogP contribution >= 0.6 is 11.3 Å². The highest BCUT2D eigenvalue weighted by atomic mass is 32.1. The predicted octanol–water partition coefficient (Wildman–Crippen LogP) is 18.6. The van der Waals surface area contributed by atoms with E-state index in [-0.39, 0.29) is 23.0 Å². The summed E-state index contributed by atoms with van der Waals surface area (Å²) in [5.41, 5.74) is 29.2. The molecule has 0 atom stereocenters. The molecular formula is C72H70BN3S. The first-order valence-electron chi connectivity index (χ1n) is 27.8. The summed E-state index contributed by atoms with van der Waals surface area (Å²) < 4.78 is 5.24. The Balaban J connectivity index is 1.15. The SMILES string of the molecule is Cc1cc(-c2cccc3c2sc2ccccc23)cc(C)c1N1c2cc(C(C)(C)C)ccc2B2c3cc4c5ccccc5n(-c5c(C)cccc5C)c4cc3N(c3c(C)cc(C(C)(C)C)cc3C)c3cc(C(C)(C)C)cc1c32. The molecule has 77 heavy (non-hydrogen) atoms. The topological polar surface area (TPSA) is 11.4 Å². The Morgan fingerprint density at radius 2 is 0.896 bits per heavy atom. The molecule has 0 unspecified atom stereocenters. The first-order valence-corrected chi connectivity index (χ1v) is 28.6. The lowest BCUT2D eigenvalue weighted by Crippen LogP contribution is -2.61. The fourth-order valence-corrected chi connectivity index (χ4v) is 14.7. The Morgan fingerprint density at radius 3 is 1.52 bits per heavy atom. The van der Waals surface area contributed by atoms with Crippen molar-refractivity contribution < 1.29 is 0 Å². The number of para-hydroxylation sites is 2. The first kappa shape index (κ1) is 49.3. The van der Waals surface area contributed by atoms with Crippen LogP contribution < -0.4 is 26.2 Å². The van der Waals surface area contributed by atoms with E-state index in [0.29, 0.717) is 0 Å². The molecule has 0 fully saturated rings. The van der Waals surface area contributed by atoms with Gasteiger partial charge in [0, 0.05) is 53.7 Å². The van der Waals surface area contributed by atoms with E-state index < -0.39 is 0 Å². The van der Waals surface area contributed by atoms with E-state index in [2.05, 4.69) is 270 Å². The van der Waals surface area contributed by atoms with E-state index in [1.165, 1.54) is 159 Å². The number of benzene rings is 9. The average molecular weight is 1020 g/mol. The van der Waals surface area contributed by atoms with E-state index in [9.17, 15) is 0 Å². The van der Waals surface area contributed by atoms with Crippen molar-refractivity contribution in [3.63, 3.8) is 0 Å². The normalized spacial score (nSPS) is 13.6. The molecule has 11 aromatic rings. The second-order valence-electron chi connectivity index (χ2n) is 25.8. The summed E-state index contributed by atoms with van der Waals surface area (Å²) in [6, 6.07) is 59.2. The van der Waals surface area contributed by atoms with Crippen molar-refractivity contribution in [2.75, 3.05) is 9.80 Å². The van der Waals surface area contributed by atoms with Crippen LogP contribution in [0.3, 0.4) is 0 Å². The molecule has 2 aliphatic rings. The molecule has 4 heterocycles. The number of hydrogen-bond acceptors (Lipinski definition) is 3.